The number of hydrogen-bond donors (Lipinski definition) is 3. The van der Waals surface area contributed by atoms with Gasteiger partial charge in [0, 0.05) is 24.1 Å². The fraction of sp³-hybridized carbons (Fsp3) is 0.438. The number of rotatable bonds is 4. The maximum atomic E-state index is 12.2. The Bertz CT molecular complexity index is 642. The molecule has 4 N–H and O–H groups in total. The molecule has 122 valence electrons. The van der Waals surface area contributed by atoms with Crippen LogP contribution < -0.4 is 11.1 Å². The van der Waals surface area contributed by atoms with Gasteiger partial charge in [-0.15, -0.1) is 0 Å². The van der Waals surface area contributed by atoms with Gasteiger partial charge in [0.15, 0.2) is 0 Å². The molecule has 2 aromatic rings. The Morgan fingerprint density at radius 2 is 2.13 bits per heavy atom. The van der Waals surface area contributed by atoms with E-state index in [1.807, 2.05) is 24.3 Å². The minimum Gasteiger partial charge on any atom is -0.392 e. The molecule has 0 radical (unpaired) electrons. The molecule has 1 aliphatic carbocycles. The van der Waals surface area contributed by atoms with Gasteiger partial charge >= 0.3 is 0 Å². The van der Waals surface area contributed by atoms with Crippen LogP contribution in [0.4, 0.5) is 0 Å². The molecule has 1 aromatic heterocycles. The summed E-state index contributed by atoms with van der Waals surface area (Å²) >= 11 is 0. The summed E-state index contributed by atoms with van der Waals surface area (Å²) in [5.41, 5.74) is 7.68. The molecule has 3 atom stereocenters. The van der Waals surface area contributed by atoms with E-state index < -0.39 is 6.10 Å². The summed E-state index contributed by atoms with van der Waals surface area (Å²) in [5, 5.41) is 16.3. The van der Waals surface area contributed by atoms with Gasteiger partial charge in [0.05, 0.1) is 6.10 Å². The van der Waals surface area contributed by atoms with Crippen molar-refractivity contribution >= 4 is 5.91 Å². The van der Waals surface area contributed by atoms with Crippen molar-refractivity contribution in [3.63, 3.8) is 0 Å². The zero-order chi connectivity index (χ0) is 16.2. The Morgan fingerprint density at radius 3 is 2.78 bits per heavy atom. The second-order valence-electron chi connectivity index (χ2n) is 5.91. The highest BCUT2D eigenvalue weighted by Gasteiger charge is 2.30. The number of carbonyl (C=O) groups is 1. The second-order valence-corrected chi connectivity index (χ2v) is 5.91. The van der Waals surface area contributed by atoms with E-state index in [1.165, 1.54) is 6.39 Å². The van der Waals surface area contributed by atoms with Crippen LogP contribution in [0.25, 0.3) is 11.4 Å². The molecular weight excluding hydrogens is 296 g/mol. The van der Waals surface area contributed by atoms with Crippen molar-refractivity contribution in [2.45, 2.75) is 38.0 Å². The number of hydrogen-bond acceptors (Lipinski definition) is 6. The maximum absolute atomic E-state index is 12.2. The highest BCUT2D eigenvalue weighted by atomic mass is 16.5. The number of carbonyl (C=O) groups excluding carboxylic acids is 1. The van der Waals surface area contributed by atoms with Crippen molar-refractivity contribution in [3.05, 3.63) is 36.2 Å². The van der Waals surface area contributed by atoms with Crippen LogP contribution in [0.5, 0.6) is 0 Å². The lowest BCUT2D eigenvalue weighted by Gasteiger charge is -2.30. The van der Waals surface area contributed by atoms with Gasteiger partial charge in [0.25, 0.3) is 0 Å². The number of benzene rings is 1. The Kier molecular flexibility index (Phi) is 4.68. The number of nitrogens with two attached hydrogens (primary N) is 1. The second kappa shape index (κ2) is 6.89. The summed E-state index contributed by atoms with van der Waals surface area (Å²) in [6.07, 6.45) is 2.59. The molecule has 1 amide bonds. The topological polar surface area (TPSA) is 114 Å². The Morgan fingerprint density at radius 1 is 1.35 bits per heavy atom. The molecule has 23 heavy (non-hydrogen) atoms. The first-order chi connectivity index (χ1) is 11.1. The van der Waals surface area contributed by atoms with E-state index in [2.05, 4.69) is 15.5 Å². The number of aliphatic hydroxyl groups is 1. The van der Waals surface area contributed by atoms with Crippen LogP contribution in [0, 0.1) is 5.92 Å². The van der Waals surface area contributed by atoms with Gasteiger partial charge in [-0.05, 0) is 24.8 Å². The number of aromatic nitrogens is 2. The van der Waals surface area contributed by atoms with E-state index in [-0.39, 0.29) is 17.9 Å². The van der Waals surface area contributed by atoms with Gasteiger partial charge in [-0.1, -0.05) is 29.4 Å². The van der Waals surface area contributed by atoms with Crippen molar-refractivity contribution in [1.29, 1.82) is 0 Å². The third-order valence-electron chi connectivity index (χ3n) is 4.27. The first-order valence-electron chi connectivity index (χ1n) is 7.70. The molecular formula is C16H20N4O3. The van der Waals surface area contributed by atoms with E-state index in [0.29, 0.717) is 31.6 Å². The predicted molar refractivity (Wildman–Crippen MR) is 82.9 cm³/mol. The summed E-state index contributed by atoms with van der Waals surface area (Å²) in [7, 11) is 0. The summed E-state index contributed by atoms with van der Waals surface area (Å²) < 4.78 is 4.72. The van der Waals surface area contributed by atoms with Gasteiger partial charge < -0.3 is 20.7 Å². The average Bonchev–Trinajstić information content (AvgIpc) is 3.10. The van der Waals surface area contributed by atoms with Crippen LogP contribution in [0.1, 0.15) is 24.8 Å². The van der Waals surface area contributed by atoms with Crippen molar-refractivity contribution < 1.29 is 14.4 Å². The van der Waals surface area contributed by atoms with E-state index in [4.69, 9.17) is 10.3 Å². The van der Waals surface area contributed by atoms with Crippen LogP contribution >= 0.6 is 0 Å². The highest BCUT2D eigenvalue weighted by molar-refractivity contribution is 5.78. The Balaban J connectivity index is 1.53. The Hall–Kier alpha value is -2.25. The monoisotopic (exact) mass is 316 g/mol. The molecule has 7 heteroatoms. The molecule has 1 aromatic carbocycles. The average molecular weight is 316 g/mol. The van der Waals surface area contributed by atoms with Crippen molar-refractivity contribution in [1.82, 2.24) is 15.5 Å². The van der Waals surface area contributed by atoms with E-state index in [1.54, 1.807) is 0 Å². The normalized spacial score (nSPS) is 24.3. The van der Waals surface area contributed by atoms with Crippen molar-refractivity contribution in [2.24, 2.45) is 11.7 Å². The molecule has 1 heterocycles. The SMILES string of the molecule is N[C@@H]1C[C@@H](C(=O)NCc2ccc(-c3ncon3)cc2)CC[C@H]1O. The van der Waals surface area contributed by atoms with Gasteiger partial charge in [0.1, 0.15) is 0 Å². The first kappa shape index (κ1) is 15.6. The summed E-state index contributed by atoms with van der Waals surface area (Å²) in [6, 6.07) is 7.30. The number of amides is 1. The predicted octanol–water partition coefficient (Wildman–Crippen LogP) is 0.841. The van der Waals surface area contributed by atoms with Crippen molar-refractivity contribution in [3.8, 4) is 11.4 Å². The molecule has 1 aliphatic rings. The number of nitrogens with one attached hydrogen (secondary N) is 1. The standard InChI is InChI=1S/C16H20N4O3/c17-13-7-12(5-6-14(13)21)16(22)18-8-10-1-3-11(4-2-10)15-19-9-23-20-15/h1-4,9,12-14,21H,5-8,17H2,(H,18,22)/t12-,13+,14+/m0/s1. The summed E-state index contributed by atoms with van der Waals surface area (Å²) in [4.78, 5) is 16.2. The van der Waals surface area contributed by atoms with E-state index in [0.717, 1.165) is 11.1 Å². The van der Waals surface area contributed by atoms with Gasteiger partial charge in [-0.3, -0.25) is 4.79 Å². The third kappa shape index (κ3) is 3.75. The lowest BCUT2D eigenvalue weighted by molar-refractivity contribution is -0.127. The minimum atomic E-state index is -0.489. The molecule has 1 fully saturated rings. The Labute approximate surface area is 133 Å². The zero-order valence-electron chi connectivity index (χ0n) is 12.7. The van der Waals surface area contributed by atoms with Crippen molar-refractivity contribution in [2.75, 3.05) is 0 Å². The lowest BCUT2D eigenvalue weighted by Crippen LogP contribution is -2.44. The largest absolute Gasteiger partial charge is 0.392 e. The van der Waals surface area contributed by atoms with Crippen LogP contribution in [0.15, 0.2) is 35.2 Å². The number of nitrogens with zero attached hydrogens (tertiary/aromatic N) is 2. The molecule has 0 aliphatic heterocycles. The summed E-state index contributed by atoms with van der Waals surface area (Å²) in [5.74, 6) is 0.414. The molecule has 0 unspecified atom stereocenters. The van der Waals surface area contributed by atoms with Gasteiger partial charge in [-0.2, -0.15) is 4.98 Å². The van der Waals surface area contributed by atoms with Crippen LogP contribution in [-0.4, -0.2) is 33.3 Å². The molecule has 0 bridgehead atoms. The fourth-order valence-corrected chi connectivity index (χ4v) is 2.83. The zero-order valence-corrected chi connectivity index (χ0v) is 12.7. The van der Waals surface area contributed by atoms with Crippen LogP contribution in [0.2, 0.25) is 0 Å². The van der Waals surface area contributed by atoms with E-state index >= 15 is 0 Å². The molecule has 7 nitrogen and oxygen atoms in total. The molecule has 0 saturated heterocycles. The van der Waals surface area contributed by atoms with Gasteiger partial charge in [-0.25, -0.2) is 0 Å². The lowest BCUT2D eigenvalue weighted by atomic mass is 9.83. The first-order valence-corrected chi connectivity index (χ1v) is 7.70. The minimum absolute atomic E-state index is 0.00501. The smallest absolute Gasteiger partial charge is 0.223 e. The third-order valence-corrected chi connectivity index (χ3v) is 4.27. The molecule has 0 spiro atoms. The maximum Gasteiger partial charge on any atom is 0.223 e. The highest BCUT2D eigenvalue weighted by Crippen LogP contribution is 2.24. The molecule has 1 saturated carbocycles. The summed E-state index contributed by atoms with van der Waals surface area (Å²) in [6.45, 7) is 0.458. The quantitative estimate of drug-likeness (QED) is 0.770. The number of aliphatic hydroxyl groups excluding tert-OH is 1. The molecule has 3 rings (SSSR count). The van der Waals surface area contributed by atoms with E-state index in [9.17, 15) is 9.90 Å². The van der Waals surface area contributed by atoms with Gasteiger partial charge in [0.2, 0.25) is 18.1 Å². The fourth-order valence-electron chi connectivity index (χ4n) is 2.83. The van der Waals surface area contributed by atoms with Crippen LogP contribution in [0.3, 0.4) is 0 Å². The van der Waals surface area contributed by atoms with Crippen LogP contribution in [-0.2, 0) is 11.3 Å².